The van der Waals surface area contributed by atoms with Gasteiger partial charge >= 0.3 is 5.97 Å². The summed E-state index contributed by atoms with van der Waals surface area (Å²) in [4.78, 5) is 11.4. The average molecular weight is 271 g/mol. The first kappa shape index (κ1) is 13.2. The van der Waals surface area contributed by atoms with Gasteiger partial charge in [-0.2, -0.15) is 0 Å². The van der Waals surface area contributed by atoms with Crippen LogP contribution in [-0.4, -0.2) is 15.6 Å². The van der Waals surface area contributed by atoms with Crippen molar-refractivity contribution in [3.63, 3.8) is 0 Å². The number of carbonyl (C=O) groups is 1. The maximum absolute atomic E-state index is 11.4. The lowest BCUT2D eigenvalue weighted by Crippen LogP contribution is -2.13. The fourth-order valence-corrected chi connectivity index (χ4v) is 3.42. The number of nitrogens with zero attached hydrogens (tertiary/aromatic N) is 1. The number of para-hydroxylation sites is 1. The zero-order valence-corrected chi connectivity index (χ0v) is 11.7. The summed E-state index contributed by atoms with van der Waals surface area (Å²) in [5, 5.41) is 10.4. The van der Waals surface area contributed by atoms with Gasteiger partial charge in [-0.3, -0.25) is 0 Å². The van der Waals surface area contributed by atoms with Crippen molar-refractivity contribution < 1.29 is 9.90 Å². The minimum absolute atomic E-state index is 0.419. The van der Waals surface area contributed by atoms with Gasteiger partial charge in [-0.15, -0.1) is 0 Å². The average Bonchev–Trinajstić information content (AvgIpc) is 2.85. The predicted octanol–water partition coefficient (Wildman–Crippen LogP) is 4.31. The van der Waals surface area contributed by atoms with Gasteiger partial charge < -0.3 is 9.67 Å². The molecule has 1 heterocycles. The summed E-state index contributed by atoms with van der Waals surface area (Å²) in [7, 11) is 0. The maximum Gasteiger partial charge on any atom is 0.352 e. The molecular weight excluding hydrogens is 250 g/mol. The molecule has 1 saturated carbocycles. The second kappa shape index (κ2) is 5.70. The van der Waals surface area contributed by atoms with Crippen molar-refractivity contribution in [2.45, 2.75) is 45.1 Å². The van der Waals surface area contributed by atoms with E-state index < -0.39 is 5.97 Å². The third kappa shape index (κ3) is 2.58. The molecule has 1 aromatic carbocycles. The summed E-state index contributed by atoms with van der Waals surface area (Å²) < 4.78 is 1.98. The van der Waals surface area contributed by atoms with Crippen LogP contribution >= 0.6 is 0 Å². The van der Waals surface area contributed by atoms with Crippen molar-refractivity contribution in [3.05, 3.63) is 36.0 Å². The topological polar surface area (TPSA) is 42.2 Å². The van der Waals surface area contributed by atoms with Crippen LogP contribution in [0.1, 0.15) is 49.0 Å². The van der Waals surface area contributed by atoms with Crippen LogP contribution in [0, 0.1) is 5.92 Å². The number of aromatic nitrogens is 1. The minimum Gasteiger partial charge on any atom is -0.477 e. The highest BCUT2D eigenvalue weighted by atomic mass is 16.4. The van der Waals surface area contributed by atoms with Crippen LogP contribution in [-0.2, 0) is 6.54 Å². The van der Waals surface area contributed by atoms with E-state index in [0.29, 0.717) is 5.69 Å². The van der Waals surface area contributed by atoms with E-state index >= 15 is 0 Å². The number of rotatable bonds is 4. The van der Waals surface area contributed by atoms with Gasteiger partial charge in [0, 0.05) is 17.4 Å². The molecule has 0 saturated heterocycles. The zero-order chi connectivity index (χ0) is 13.9. The second-order valence-corrected chi connectivity index (χ2v) is 5.84. The highest BCUT2D eigenvalue weighted by Gasteiger charge is 2.17. The van der Waals surface area contributed by atoms with E-state index in [9.17, 15) is 9.90 Å². The molecular formula is C17H21NO2. The van der Waals surface area contributed by atoms with Crippen molar-refractivity contribution in [2.24, 2.45) is 5.92 Å². The first-order valence-electron chi connectivity index (χ1n) is 7.57. The monoisotopic (exact) mass is 271 g/mol. The fraction of sp³-hybridized carbons (Fsp3) is 0.471. The molecule has 1 aliphatic rings. The lowest BCUT2D eigenvalue weighted by molar-refractivity contribution is 0.0685. The van der Waals surface area contributed by atoms with Crippen LogP contribution in [0.5, 0.6) is 0 Å². The number of hydrogen-bond donors (Lipinski definition) is 1. The lowest BCUT2D eigenvalue weighted by atomic mass is 9.87. The second-order valence-electron chi connectivity index (χ2n) is 5.84. The van der Waals surface area contributed by atoms with Crippen LogP contribution in [0.2, 0.25) is 0 Å². The molecule has 1 N–H and O–H groups in total. The first-order valence-corrected chi connectivity index (χ1v) is 7.57. The summed E-state index contributed by atoms with van der Waals surface area (Å²) in [5.74, 6) is -0.0589. The Kier molecular flexibility index (Phi) is 3.77. The highest BCUT2D eigenvalue weighted by molar-refractivity contribution is 5.94. The molecule has 0 amide bonds. The highest BCUT2D eigenvalue weighted by Crippen LogP contribution is 2.28. The van der Waals surface area contributed by atoms with Crippen molar-refractivity contribution in [1.82, 2.24) is 4.57 Å². The largest absolute Gasteiger partial charge is 0.477 e. The molecule has 0 radical (unpaired) electrons. The summed E-state index contributed by atoms with van der Waals surface area (Å²) in [6.07, 6.45) is 7.75. The molecule has 3 nitrogen and oxygen atoms in total. The van der Waals surface area contributed by atoms with Crippen molar-refractivity contribution in [3.8, 4) is 0 Å². The van der Waals surface area contributed by atoms with E-state index in [4.69, 9.17) is 0 Å². The molecule has 106 valence electrons. The van der Waals surface area contributed by atoms with Gasteiger partial charge in [0.25, 0.3) is 0 Å². The molecule has 1 aliphatic carbocycles. The Morgan fingerprint density at radius 2 is 1.95 bits per heavy atom. The smallest absolute Gasteiger partial charge is 0.352 e. The standard InChI is InChI=1S/C17H21NO2/c19-17(20)16-12-14-8-4-5-9-15(14)18(16)11-10-13-6-2-1-3-7-13/h4-5,8-9,12-13H,1-3,6-7,10-11H2,(H,19,20). The lowest BCUT2D eigenvalue weighted by Gasteiger charge is -2.22. The molecule has 0 atom stereocenters. The molecule has 0 bridgehead atoms. The Morgan fingerprint density at radius 3 is 2.70 bits per heavy atom. The maximum atomic E-state index is 11.4. The molecule has 0 spiro atoms. The van der Waals surface area contributed by atoms with E-state index in [1.54, 1.807) is 6.07 Å². The number of benzene rings is 1. The van der Waals surface area contributed by atoms with E-state index in [1.165, 1.54) is 32.1 Å². The third-order valence-corrected chi connectivity index (χ3v) is 4.52. The molecule has 1 fully saturated rings. The van der Waals surface area contributed by atoms with Crippen molar-refractivity contribution in [2.75, 3.05) is 0 Å². The number of aromatic carboxylic acids is 1. The number of fused-ring (bicyclic) bond motifs is 1. The van der Waals surface area contributed by atoms with Gasteiger partial charge in [0.15, 0.2) is 0 Å². The molecule has 0 unspecified atom stereocenters. The molecule has 3 rings (SSSR count). The van der Waals surface area contributed by atoms with E-state index in [2.05, 4.69) is 0 Å². The quantitative estimate of drug-likeness (QED) is 0.900. The molecule has 20 heavy (non-hydrogen) atoms. The third-order valence-electron chi connectivity index (χ3n) is 4.52. The fourth-order valence-electron chi connectivity index (χ4n) is 3.42. The van der Waals surface area contributed by atoms with Gasteiger partial charge in [-0.05, 0) is 24.5 Å². The molecule has 1 aromatic heterocycles. The number of hydrogen-bond acceptors (Lipinski definition) is 1. The van der Waals surface area contributed by atoms with Gasteiger partial charge in [0.05, 0.1) is 0 Å². The van der Waals surface area contributed by atoms with Crippen LogP contribution in [0.4, 0.5) is 0 Å². The van der Waals surface area contributed by atoms with Gasteiger partial charge in [0.2, 0.25) is 0 Å². The first-order chi connectivity index (χ1) is 9.75. The Labute approximate surface area is 119 Å². The summed E-state index contributed by atoms with van der Waals surface area (Å²) in [6, 6.07) is 9.73. The van der Waals surface area contributed by atoms with Crippen molar-refractivity contribution >= 4 is 16.9 Å². The molecule has 0 aliphatic heterocycles. The SMILES string of the molecule is O=C(O)c1cc2ccccc2n1CCC1CCCCC1. The van der Waals surface area contributed by atoms with Crippen LogP contribution in [0.15, 0.2) is 30.3 Å². The Bertz CT molecular complexity index is 608. The van der Waals surface area contributed by atoms with Crippen molar-refractivity contribution in [1.29, 1.82) is 0 Å². The van der Waals surface area contributed by atoms with E-state index in [0.717, 1.165) is 29.8 Å². The van der Waals surface area contributed by atoms with E-state index in [-0.39, 0.29) is 0 Å². The molecule has 2 aromatic rings. The molecule has 3 heteroatoms. The van der Waals surface area contributed by atoms with Crippen LogP contribution in [0.25, 0.3) is 10.9 Å². The summed E-state index contributed by atoms with van der Waals surface area (Å²) in [6.45, 7) is 0.819. The van der Waals surface area contributed by atoms with Gasteiger partial charge in [0.1, 0.15) is 5.69 Å². The van der Waals surface area contributed by atoms with Crippen LogP contribution in [0.3, 0.4) is 0 Å². The Morgan fingerprint density at radius 1 is 1.20 bits per heavy atom. The number of carboxylic acid groups (broad SMARTS) is 1. The Balaban J connectivity index is 1.84. The summed E-state index contributed by atoms with van der Waals surface area (Å²) in [5.41, 5.74) is 1.46. The normalized spacial score (nSPS) is 16.6. The van der Waals surface area contributed by atoms with Crippen LogP contribution < -0.4 is 0 Å². The zero-order valence-electron chi connectivity index (χ0n) is 11.7. The number of carboxylic acids is 1. The number of aryl methyl sites for hydroxylation is 1. The predicted molar refractivity (Wildman–Crippen MR) is 80.1 cm³/mol. The Hall–Kier alpha value is -1.77. The van der Waals surface area contributed by atoms with Gasteiger partial charge in [-0.1, -0.05) is 50.3 Å². The minimum atomic E-state index is -0.829. The van der Waals surface area contributed by atoms with Gasteiger partial charge in [-0.25, -0.2) is 4.79 Å². The summed E-state index contributed by atoms with van der Waals surface area (Å²) >= 11 is 0. The van der Waals surface area contributed by atoms with E-state index in [1.807, 2.05) is 28.8 Å².